The number of piperidine rings is 1. The minimum absolute atomic E-state index is 0.0797. The molecule has 26 heavy (non-hydrogen) atoms. The van der Waals surface area contributed by atoms with Gasteiger partial charge in [0.15, 0.2) is 5.78 Å². The van der Waals surface area contributed by atoms with Gasteiger partial charge in [-0.1, -0.05) is 0 Å². The molecule has 0 aliphatic carbocycles. The van der Waals surface area contributed by atoms with Crippen molar-refractivity contribution < 1.29 is 14.3 Å². The minimum Gasteiger partial charge on any atom is -0.464 e. The first-order valence-electron chi connectivity index (χ1n) is 8.48. The van der Waals surface area contributed by atoms with Gasteiger partial charge in [-0.15, -0.1) is 0 Å². The Labute approximate surface area is 150 Å². The average Bonchev–Trinajstić information content (AvgIpc) is 2.63. The van der Waals surface area contributed by atoms with Crippen LogP contribution < -0.4 is 16.1 Å². The van der Waals surface area contributed by atoms with E-state index in [4.69, 9.17) is 10.00 Å². The molecule has 140 valence electrons. The molecule has 0 saturated carbocycles. The van der Waals surface area contributed by atoms with Crippen molar-refractivity contribution in [2.24, 2.45) is 14.1 Å². The van der Waals surface area contributed by atoms with Crippen LogP contribution in [0.2, 0.25) is 0 Å². The van der Waals surface area contributed by atoms with Crippen molar-refractivity contribution in [1.82, 2.24) is 9.13 Å². The van der Waals surface area contributed by atoms with E-state index in [-0.39, 0.29) is 18.0 Å². The number of hydrogen-bond donors (Lipinski definition) is 0. The van der Waals surface area contributed by atoms with E-state index in [0.717, 1.165) is 17.4 Å². The molecule has 1 saturated heterocycles. The fourth-order valence-electron chi connectivity index (χ4n) is 3.24. The predicted octanol–water partition coefficient (Wildman–Crippen LogP) is 0.102. The number of carbonyl (C=O) groups is 2. The number of nitrogens with zero attached hydrogens (tertiary/aromatic N) is 4. The Kier molecular flexibility index (Phi) is 5.97. The third-order valence-corrected chi connectivity index (χ3v) is 4.49. The van der Waals surface area contributed by atoms with Crippen molar-refractivity contribution in [3.8, 4) is 6.07 Å². The third-order valence-electron chi connectivity index (χ3n) is 4.49. The molecule has 0 spiro atoms. The summed E-state index contributed by atoms with van der Waals surface area (Å²) in [7, 11) is 2.72. The minimum atomic E-state index is -0.767. The summed E-state index contributed by atoms with van der Waals surface area (Å²) >= 11 is 0. The van der Waals surface area contributed by atoms with Gasteiger partial charge in [0, 0.05) is 20.6 Å². The number of esters is 1. The molecule has 1 aliphatic heterocycles. The van der Waals surface area contributed by atoms with Crippen LogP contribution >= 0.6 is 0 Å². The number of ketones is 1. The van der Waals surface area contributed by atoms with Crippen LogP contribution in [0.1, 0.15) is 43.0 Å². The van der Waals surface area contributed by atoms with Crippen molar-refractivity contribution in [3.63, 3.8) is 0 Å². The number of aromatic nitrogens is 2. The molecule has 0 bridgehead atoms. The molecule has 1 aromatic rings. The van der Waals surface area contributed by atoms with Crippen LogP contribution in [0.25, 0.3) is 0 Å². The maximum absolute atomic E-state index is 12.6. The zero-order chi connectivity index (χ0) is 19.4. The second kappa shape index (κ2) is 7.99. The molecule has 1 atom stereocenters. The fourth-order valence-corrected chi connectivity index (χ4v) is 3.24. The van der Waals surface area contributed by atoms with Crippen LogP contribution in [0.3, 0.4) is 0 Å². The lowest BCUT2D eigenvalue weighted by Gasteiger charge is -2.37. The van der Waals surface area contributed by atoms with E-state index in [2.05, 4.69) is 0 Å². The zero-order valence-electron chi connectivity index (χ0n) is 15.2. The van der Waals surface area contributed by atoms with E-state index in [1.54, 1.807) is 17.9 Å². The first-order valence-corrected chi connectivity index (χ1v) is 8.48. The van der Waals surface area contributed by atoms with Crippen molar-refractivity contribution in [1.29, 1.82) is 5.26 Å². The molecule has 2 rings (SSSR count). The normalized spacial score (nSPS) is 16.8. The monoisotopic (exact) mass is 362 g/mol. The number of carbonyl (C=O) groups excluding carboxylic acids is 2. The number of rotatable bonds is 5. The van der Waals surface area contributed by atoms with Crippen molar-refractivity contribution in [3.05, 3.63) is 26.4 Å². The molecule has 0 amide bonds. The largest absolute Gasteiger partial charge is 0.464 e. The second-order valence-electron chi connectivity index (χ2n) is 6.12. The topological polar surface area (TPSA) is 114 Å². The summed E-state index contributed by atoms with van der Waals surface area (Å²) in [5, 5.41) is 8.86. The molecule has 0 unspecified atom stereocenters. The zero-order valence-corrected chi connectivity index (χ0v) is 15.2. The lowest BCUT2D eigenvalue weighted by atomic mass is 10.0. The van der Waals surface area contributed by atoms with Gasteiger partial charge in [0.25, 0.3) is 5.56 Å². The Morgan fingerprint density at radius 1 is 1.23 bits per heavy atom. The van der Waals surface area contributed by atoms with E-state index in [1.807, 2.05) is 0 Å². The Hall–Kier alpha value is -2.89. The molecule has 9 nitrogen and oxygen atoms in total. The van der Waals surface area contributed by atoms with E-state index in [0.29, 0.717) is 13.0 Å². The molecule has 2 heterocycles. The van der Waals surface area contributed by atoms with Gasteiger partial charge in [-0.25, -0.2) is 9.59 Å². The Morgan fingerprint density at radius 3 is 2.54 bits per heavy atom. The Morgan fingerprint density at radius 2 is 1.92 bits per heavy atom. The maximum atomic E-state index is 12.6. The Bertz CT molecular complexity index is 877. The van der Waals surface area contributed by atoms with Crippen molar-refractivity contribution in [2.45, 2.75) is 38.6 Å². The lowest BCUT2D eigenvalue weighted by molar-refractivity contribution is -0.145. The molecular formula is C17H22N4O5. The maximum Gasteiger partial charge on any atom is 0.332 e. The van der Waals surface area contributed by atoms with E-state index >= 15 is 0 Å². The van der Waals surface area contributed by atoms with Crippen molar-refractivity contribution >= 4 is 17.6 Å². The summed E-state index contributed by atoms with van der Waals surface area (Å²) in [6.45, 7) is 2.30. The van der Waals surface area contributed by atoms with Crippen LogP contribution in [0.4, 0.5) is 5.82 Å². The van der Waals surface area contributed by atoms with Crippen molar-refractivity contribution in [2.75, 3.05) is 18.1 Å². The highest BCUT2D eigenvalue weighted by atomic mass is 16.5. The first kappa shape index (κ1) is 19.4. The number of hydrogen-bond acceptors (Lipinski definition) is 7. The molecule has 1 aliphatic rings. The van der Waals surface area contributed by atoms with Crippen LogP contribution in [-0.2, 0) is 23.6 Å². The van der Waals surface area contributed by atoms with E-state index in [1.165, 1.54) is 18.7 Å². The molecule has 0 aromatic carbocycles. The number of anilines is 1. The summed E-state index contributed by atoms with van der Waals surface area (Å²) in [4.78, 5) is 51.4. The highest BCUT2D eigenvalue weighted by molar-refractivity contribution is 6.02. The summed E-state index contributed by atoms with van der Waals surface area (Å²) in [6.07, 6.45) is 1.54. The molecule has 1 fully saturated rings. The summed E-state index contributed by atoms with van der Waals surface area (Å²) < 4.78 is 7.13. The van der Waals surface area contributed by atoms with Gasteiger partial charge in [-0.05, 0) is 26.2 Å². The average molecular weight is 362 g/mol. The van der Waals surface area contributed by atoms with Gasteiger partial charge >= 0.3 is 11.7 Å². The summed E-state index contributed by atoms with van der Waals surface area (Å²) in [5.41, 5.74) is -1.62. The highest BCUT2D eigenvalue weighted by Crippen LogP contribution is 2.27. The van der Waals surface area contributed by atoms with E-state index < -0.39 is 35.5 Å². The quantitative estimate of drug-likeness (QED) is 0.539. The highest BCUT2D eigenvalue weighted by Gasteiger charge is 2.35. The Balaban J connectivity index is 2.71. The lowest BCUT2D eigenvalue weighted by Crippen LogP contribution is -2.51. The van der Waals surface area contributed by atoms with Gasteiger partial charge in [-0.3, -0.25) is 18.7 Å². The van der Waals surface area contributed by atoms with Crippen LogP contribution in [0, 0.1) is 11.3 Å². The third kappa shape index (κ3) is 3.40. The number of nitriles is 1. The van der Waals surface area contributed by atoms with Crippen LogP contribution in [0.15, 0.2) is 9.59 Å². The first-order chi connectivity index (χ1) is 12.3. The second-order valence-corrected chi connectivity index (χ2v) is 6.12. The molecular weight excluding hydrogens is 340 g/mol. The summed E-state index contributed by atoms with van der Waals surface area (Å²) in [6, 6.07) is 1.05. The molecule has 0 N–H and O–H groups in total. The molecule has 0 radical (unpaired) electrons. The van der Waals surface area contributed by atoms with Gasteiger partial charge in [-0.2, -0.15) is 5.26 Å². The number of Topliss-reactive ketones (excluding diaryl/α,β-unsaturated/α-hetero) is 1. The molecule has 9 heteroatoms. The van der Waals surface area contributed by atoms with Gasteiger partial charge in [0.2, 0.25) is 0 Å². The van der Waals surface area contributed by atoms with Crippen LogP contribution in [-0.4, -0.2) is 40.1 Å². The number of ether oxygens (including phenoxy) is 1. The molecule has 1 aromatic heterocycles. The van der Waals surface area contributed by atoms with Gasteiger partial charge in [0.05, 0.1) is 19.1 Å². The van der Waals surface area contributed by atoms with Crippen LogP contribution in [0.5, 0.6) is 0 Å². The standard InChI is InChI=1S/C17H22N4O5/c1-4-26-16(24)11-7-5-6-10-21(11)14-13(12(22)8-9-18)15(23)20(3)17(25)19(14)2/h11H,4-8,10H2,1-3H3/t11-/m1/s1. The van der Waals surface area contributed by atoms with Gasteiger partial charge in [0.1, 0.15) is 17.4 Å². The van der Waals surface area contributed by atoms with E-state index in [9.17, 15) is 19.2 Å². The predicted molar refractivity (Wildman–Crippen MR) is 93.1 cm³/mol. The summed E-state index contributed by atoms with van der Waals surface area (Å²) in [5.74, 6) is -1.05. The smallest absolute Gasteiger partial charge is 0.332 e. The van der Waals surface area contributed by atoms with Gasteiger partial charge < -0.3 is 9.64 Å². The fraction of sp³-hybridized carbons (Fsp3) is 0.588. The SMILES string of the molecule is CCOC(=O)[C@H]1CCCCN1c1c(C(=O)CC#N)c(=O)n(C)c(=O)n1C.